The van der Waals surface area contributed by atoms with Crippen LogP contribution in [0.2, 0.25) is 0 Å². The van der Waals surface area contributed by atoms with Crippen LogP contribution < -0.4 is 0 Å². The van der Waals surface area contributed by atoms with Crippen molar-refractivity contribution < 1.29 is 13.5 Å². The van der Waals surface area contributed by atoms with E-state index in [0.717, 1.165) is 6.42 Å². The van der Waals surface area contributed by atoms with E-state index in [2.05, 4.69) is 25.7 Å². The highest BCUT2D eigenvalue weighted by molar-refractivity contribution is 7.89. The average Bonchev–Trinajstić information content (AvgIpc) is 2.45. The summed E-state index contributed by atoms with van der Waals surface area (Å²) in [4.78, 5) is 0.254. The van der Waals surface area contributed by atoms with Crippen molar-refractivity contribution in [3.63, 3.8) is 0 Å². The van der Waals surface area contributed by atoms with Crippen molar-refractivity contribution in [3.8, 4) is 11.8 Å². The van der Waals surface area contributed by atoms with Crippen LogP contribution in [-0.2, 0) is 10.0 Å². The topological polar surface area (TPSA) is 57.6 Å². The molecule has 21 heavy (non-hydrogen) atoms. The molecular weight excluding hydrogens is 286 g/mol. The van der Waals surface area contributed by atoms with Gasteiger partial charge in [-0.15, -0.1) is 0 Å². The summed E-state index contributed by atoms with van der Waals surface area (Å²) in [6, 6.07) is 6.60. The molecule has 1 aromatic carbocycles. The molecule has 0 heterocycles. The first-order valence-corrected chi connectivity index (χ1v) is 8.48. The first kappa shape index (κ1) is 17.7. The van der Waals surface area contributed by atoms with Crippen LogP contribution in [0.3, 0.4) is 0 Å². The van der Waals surface area contributed by atoms with Gasteiger partial charge >= 0.3 is 0 Å². The lowest BCUT2D eigenvalue weighted by molar-refractivity contribution is 0.305. The van der Waals surface area contributed by atoms with E-state index in [9.17, 15) is 8.42 Å². The number of nitrogens with zero attached hydrogens (tertiary/aromatic N) is 1. The molecule has 0 aliphatic carbocycles. The van der Waals surface area contributed by atoms with Gasteiger partial charge < -0.3 is 5.11 Å². The van der Waals surface area contributed by atoms with Crippen molar-refractivity contribution in [3.05, 3.63) is 29.8 Å². The van der Waals surface area contributed by atoms with Gasteiger partial charge in [0.15, 0.2) is 0 Å². The molecule has 5 heteroatoms. The summed E-state index contributed by atoms with van der Waals surface area (Å²) in [6.07, 6.45) is 1.21. The van der Waals surface area contributed by atoms with E-state index in [1.807, 2.05) is 0 Å². The van der Waals surface area contributed by atoms with Crippen molar-refractivity contribution in [2.24, 2.45) is 5.92 Å². The normalized spacial score (nSPS) is 11.5. The van der Waals surface area contributed by atoms with Gasteiger partial charge in [-0.1, -0.05) is 31.8 Å². The molecule has 0 atom stereocenters. The minimum absolute atomic E-state index is 0.00291. The zero-order valence-corrected chi connectivity index (χ0v) is 13.7. The molecular formula is C16H23NO3S. The molecule has 1 rings (SSSR count). The Balaban J connectivity index is 2.93. The second kappa shape index (κ2) is 8.18. The summed E-state index contributed by atoms with van der Waals surface area (Å²) in [6.45, 7) is 4.64. The van der Waals surface area contributed by atoms with E-state index in [4.69, 9.17) is 5.11 Å². The van der Waals surface area contributed by atoms with E-state index in [1.54, 1.807) is 31.3 Å². The van der Waals surface area contributed by atoms with Crippen LogP contribution in [0, 0.1) is 17.8 Å². The molecule has 0 radical (unpaired) electrons. The molecule has 0 aliphatic rings. The van der Waals surface area contributed by atoms with Gasteiger partial charge in [-0.05, 0) is 30.5 Å². The van der Waals surface area contributed by atoms with Gasteiger partial charge in [-0.25, -0.2) is 12.7 Å². The van der Waals surface area contributed by atoms with Crippen LogP contribution in [0.5, 0.6) is 0 Å². The number of rotatable bonds is 6. The Bertz CT molecular complexity index is 612. The number of hydrogen-bond donors (Lipinski definition) is 1. The molecule has 1 aromatic rings. The smallest absolute Gasteiger partial charge is 0.242 e. The number of hydrogen-bond acceptors (Lipinski definition) is 3. The summed E-state index contributed by atoms with van der Waals surface area (Å²) in [5, 5.41) is 8.70. The fourth-order valence-electron chi connectivity index (χ4n) is 1.69. The zero-order valence-electron chi connectivity index (χ0n) is 12.8. The Hall–Kier alpha value is -1.35. The zero-order chi connectivity index (χ0) is 15.9. The third kappa shape index (κ3) is 5.50. The first-order chi connectivity index (χ1) is 9.87. The van der Waals surface area contributed by atoms with E-state index in [0.29, 0.717) is 24.4 Å². The third-order valence-electron chi connectivity index (χ3n) is 3.03. The van der Waals surface area contributed by atoms with Crippen LogP contribution in [0.1, 0.15) is 32.3 Å². The van der Waals surface area contributed by atoms with Gasteiger partial charge in [0.2, 0.25) is 10.0 Å². The molecule has 116 valence electrons. The van der Waals surface area contributed by atoms with Gasteiger partial charge in [-0.2, -0.15) is 0 Å². The molecule has 0 amide bonds. The van der Waals surface area contributed by atoms with Crippen LogP contribution in [-0.4, -0.2) is 38.0 Å². The van der Waals surface area contributed by atoms with E-state index in [1.165, 1.54) is 4.31 Å². The lowest BCUT2D eigenvalue weighted by Crippen LogP contribution is -2.28. The largest absolute Gasteiger partial charge is 0.395 e. The van der Waals surface area contributed by atoms with Gasteiger partial charge in [0.1, 0.15) is 0 Å². The molecule has 0 saturated heterocycles. The molecule has 4 nitrogen and oxygen atoms in total. The third-order valence-corrected chi connectivity index (χ3v) is 4.89. The quantitative estimate of drug-likeness (QED) is 0.819. The SMILES string of the molecule is CC(C)CCN(C)S(=O)(=O)c1cccc(C#CCCO)c1. The summed E-state index contributed by atoms with van der Waals surface area (Å²) in [7, 11) is -1.87. The van der Waals surface area contributed by atoms with Crippen LogP contribution in [0.4, 0.5) is 0 Å². The van der Waals surface area contributed by atoms with Crippen molar-refractivity contribution >= 4 is 10.0 Å². The molecule has 0 spiro atoms. The number of benzene rings is 1. The van der Waals surface area contributed by atoms with Crippen molar-refractivity contribution in [1.29, 1.82) is 0 Å². The maximum absolute atomic E-state index is 12.5. The number of aliphatic hydroxyl groups excluding tert-OH is 1. The minimum Gasteiger partial charge on any atom is -0.395 e. The highest BCUT2D eigenvalue weighted by atomic mass is 32.2. The van der Waals surface area contributed by atoms with Crippen LogP contribution in [0.15, 0.2) is 29.2 Å². The van der Waals surface area contributed by atoms with E-state index in [-0.39, 0.29) is 11.5 Å². The molecule has 0 saturated carbocycles. The summed E-state index contributed by atoms with van der Waals surface area (Å²) in [5.41, 5.74) is 0.641. The second-order valence-electron chi connectivity index (χ2n) is 5.31. The Morgan fingerprint density at radius 1 is 1.33 bits per heavy atom. The fourth-order valence-corrected chi connectivity index (χ4v) is 2.93. The second-order valence-corrected chi connectivity index (χ2v) is 7.36. The predicted molar refractivity (Wildman–Crippen MR) is 84.3 cm³/mol. The average molecular weight is 309 g/mol. The van der Waals surface area contributed by atoms with Crippen molar-refractivity contribution in [2.75, 3.05) is 20.2 Å². The van der Waals surface area contributed by atoms with Crippen LogP contribution >= 0.6 is 0 Å². The predicted octanol–water partition coefficient (Wildman–Crippen LogP) is 2.09. The monoisotopic (exact) mass is 309 g/mol. The molecule has 1 N–H and O–H groups in total. The van der Waals surface area contributed by atoms with Gasteiger partial charge in [-0.3, -0.25) is 0 Å². The Labute approximate surface area is 127 Å². The standard InChI is InChI=1S/C16H23NO3S/c1-14(2)10-11-17(3)21(19,20)16-9-6-8-15(13-16)7-4-5-12-18/h6,8-9,13-14,18H,5,10-12H2,1-3H3. The summed E-state index contributed by atoms with van der Waals surface area (Å²) < 4.78 is 26.3. The highest BCUT2D eigenvalue weighted by Gasteiger charge is 2.20. The first-order valence-electron chi connectivity index (χ1n) is 7.04. The van der Waals surface area contributed by atoms with E-state index < -0.39 is 10.0 Å². The Morgan fingerprint density at radius 2 is 2.05 bits per heavy atom. The molecule has 0 aromatic heterocycles. The minimum atomic E-state index is -3.47. The lowest BCUT2D eigenvalue weighted by atomic mass is 10.1. The van der Waals surface area contributed by atoms with Crippen molar-refractivity contribution in [2.45, 2.75) is 31.6 Å². The summed E-state index contributed by atoms with van der Waals surface area (Å²) in [5.74, 6) is 6.10. The molecule has 0 fully saturated rings. The Morgan fingerprint density at radius 3 is 2.67 bits per heavy atom. The van der Waals surface area contributed by atoms with Gasteiger partial charge in [0.05, 0.1) is 11.5 Å². The molecule has 0 aliphatic heterocycles. The highest BCUT2D eigenvalue weighted by Crippen LogP contribution is 2.16. The van der Waals surface area contributed by atoms with Gasteiger partial charge in [0.25, 0.3) is 0 Å². The molecule has 0 unspecified atom stereocenters. The van der Waals surface area contributed by atoms with Gasteiger partial charge in [0, 0.05) is 25.6 Å². The van der Waals surface area contributed by atoms with Crippen LogP contribution in [0.25, 0.3) is 0 Å². The number of sulfonamides is 1. The number of aliphatic hydroxyl groups is 1. The Kier molecular flexibility index (Phi) is 6.90. The fraction of sp³-hybridized carbons (Fsp3) is 0.500. The van der Waals surface area contributed by atoms with E-state index >= 15 is 0 Å². The maximum atomic E-state index is 12.5. The van der Waals surface area contributed by atoms with Crippen molar-refractivity contribution in [1.82, 2.24) is 4.31 Å². The maximum Gasteiger partial charge on any atom is 0.242 e. The summed E-state index contributed by atoms with van der Waals surface area (Å²) >= 11 is 0. The molecule has 0 bridgehead atoms. The lowest BCUT2D eigenvalue weighted by Gasteiger charge is -2.18.